The van der Waals surface area contributed by atoms with Crippen LogP contribution in [-0.2, 0) is 4.79 Å². The lowest BCUT2D eigenvalue weighted by Crippen LogP contribution is -2.31. The number of fused-ring (bicyclic) bond motifs is 1. The van der Waals surface area contributed by atoms with E-state index in [1.807, 2.05) is 61.5 Å². The Morgan fingerprint density at radius 2 is 1.78 bits per heavy atom. The van der Waals surface area contributed by atoms with Gasteiger partial charge in [0.15, 0.2) is 5.82 Å². The second kappa shape index (κ2) is 9.57. The maximum absolute atomic E-state index is 13.6. The number of nitro groups is 1. The summed E-state index contributed by atoms with van der Waals surface area (Å²) in [5.41, 5.74) is 3.93. The largest absolute Gasteiger partial charge is 0.378 e. The zero-order valence-electron chi connectivity index (χ0n) is 20.5. The Bertz CT molecular complexity index is 1510. The van der Waals surface area contributed by atoms with E-state index in [2.05, 4.69) is 15.6 Å². The van der Waals surface area contributed by atoms with Crippen LogP contribution < -0.4 is 15.5 Å². The molecule has 1 aliphatic rings. The highest BCUT2D eigenvalue weighted by Crippen LogP contribution is 2.38. The molecule has 1 amide bonds. The van der Waals surface area contributed by atoms with Crippen LogP contribution in [0.1, 0.15) is 18.5 Å². The van der Waals surface area contributed by atoms with E-state index in [1.54, 1.807) is 35.9 Å². The molecule has 10 nitrogen and oxygen atoms in total. The SMILES string of the molecule is CC1=C(C(=O)Nc2ccccc2)C(c2cccc([N+](=O)[O-])c2)n2nc(-c3ccc(N(C)C)cc3)nc2N1. The minimum atomic E-state index is -0.734. The summed E-state index contributed by atoms with van der Waals surface area (Å²) in [6.07, 6.45) is 0. The molecule has 1 atom stereocenters. The topological polar surface area (TPSA) is 118 Å². The van der Waals surface area contributed by atoms with Crippen molar-refractivity contribution in [3.05, 3.63) is 106 Å². The Balaban J connectivity index is 1.60. The van der Waals surface area contributed by atoms with Gasteiger partial charge in [-0.05, 0) is 48.9 Å². The summed E-state index contributed by atoms with van der Waals surface area (Å²) in [5.74, 6) is 0.573. The van der Waals surface area contributed by atoms with Crippen LogP contribution >= 0.6 is 0 Å². The number of allylic oxidation sites excluding steroid dienone is 1. The fourth-order valence-corrected chi connectivity index (χ4v) is 4.31. The Labute approximate surface area is 213 Å². The molecule has 1 aromatic heterocycles. The number of nitrogens with zero attached hydrogens (tertiary/aromatic N) is 5. The summed E-state index contributed by atoms with van der Waals surface area (Å²) in [5, 5.41) is 22.4. The van der Waals surface area contributed by atoms with Crippen molar-refractivity contribution in [2.75, 3.05) is 29.6 Å². The smallest absolute Gasteiger partial charge is 0.269 e. The van der Waals surface area contributed by atoms with E-state index in [0.717, 1.165) is 11.3 Å². The zero-order chi connectivity index (χ0) is 26.1. The molecule has 0 fully saturated rings. The number of nitro benzene ring substituents is 1. The van der Waals surface area contributed by atoms with E-state index in [4.69, 9.17) is 5.10 Å². The third kappa shape index (κ3) is 4.64. The lowest BCUT2D eigenvalue weighted by molar-refractivity contribution is -0.384. The molecule has 0 bridgehead atoms. The highest BCUT2D eigenvalue weighted by Gasteiger charge is 2.35. The molecule has 0 aliphatic carbocycles. The number of non-ortho nitro benzene ring substituents is 1. The summed E-state index contributed by atoms with van der Waals surface area (Å²) < 4.78 is 1.61. The van der Waals surface area contributed by atoms with Crippen LogP contribution in [0.4, 0.5) is 23.0 Å². The first-order chi connectivity index (χ1) is 17.8. The average molecular weight is 496 g/mol. The number of anilines is 3. The molecule has 0 spiro atoms. The van der Waals surface area contributed by atoms with Gasteiger partial charge in [-0.1, -0.05) is 30.3 Å². The minimum absolute atomic E-state index is 0.0716. The average Bonchev–Trinajstić information content (AvgIpc) is 3.32. The van der Waals surface area contributed by atoms with E-state index < -0.39 is 11.0 Å². The number of nitrogens with one attached hydrogen (secondary N) is 2. The van der Waals surface area contributed by atoms with Gasteiger partial charge in [0.1, 0.15) is 6.04 Å². The van der Waals surface area contributed by atoms with Crippen LogP contribution in [0.25, 0.3) is 11.4 Å². The maximum atomic E-state index is 13.6. The van der Waals surface area contributed by atoms with Crippen LogP contribution in [0.3, 0.4) is 0 Å². The van der Waals surface area contributed by atoms with Crippen molar-refractivity contribution >= 4 is 28.9 Å². The Kier molecular flexibility index (Phi) is 6.14. The van der Waals surface area contributed by atoms with Crippen LogP contribution in [0, 0.1) is 10.1 Å². The molecular formula is C27H25N7O3. The second-order valence-corrected chi connectivity index (χ2v) is 8.88. The number of aromatic nitrogens is 3. The normalized spacial score (nSPS) is 14.5. The Hall–Kier alpha value is -4.99. The molecule has 1 aliphatic heterocycles. The molecule has 0 saturated carbocycles. The van der Waals surface area contributed by atoms with Crippen LogP contribution in [0.5, 0.6) is 0 Å². The monoisotopic (exact) mass is 495 g/mol. The van der Waals surface area contributed by atoms with Crippen LogP contribution in [-0.4, -0.2) is 39.7 Å². The van der Waals surface area contributed by atoms with Crippen molar-refractivity contribution in [2.45, 2.75) is 13.0 Å². The molecule has 10 heteroatoms. The molecule has 2 heterocycles. The van der Waals surface area contributed by atoms with Gasteiger partial charge in [-0.3, -0.25) is 14.9 Å². The molecule has 2 N–H and O–H groups in total. The standard InChI is InChI=1S/C27H25N7O3/c1-17-23(26(35)29-20-9-5-4-6-10-20)24(19-8-7-11-22(16-19)34(36)37)33-27(28-17)30-25(31-33)18-12-14-21(15-13-18)32(2)3/h4-16,24H,1-3H3,(H,29,35)(H,28,30,31). The lowest BCUT2D eigenvalue weighted by atomic mass is 9.94. The van der Waals surface area contributed by atoms with E-state index in [1.165, 1.54) is 12.1 Å². The van der Waals surface area contributed by atoms with Gasteiger partial charge >= 0.3 is 0 Å². The molecule has 0 radical (unpaired) electrons. The van der Waals surface area contributed by atoms with Crippen LogP contribution in [0.15, 0.2) is 90.1 Å². The summed E-state index contributed by atoms with van der Waals surface area (Å²) >= 11 is 0. The van der Waals surface area contributed by atoms with Gasteiger partial charge in [-0.25, -0.2) is 4.68 Å². The molecule has 4 aromatic rings. The van der Waals surface area contributed by atoms with E-state index in [-0.39, 0.29) is 11.6 Å². The Morgan fingerprint density at radius 3 is 2.46 bits per heavy atom. The van der Waals surface area contributed by atoms with Gasteiger partial charge in [-0.2, -0.15) is 4.98 Å². The zero-order valence-corrected chi connectivity index (χ0v) is 20.5. The van der Waals surface area contributed by atoms with E-state index in [9.17, 15) is 14.9 Å². The molecule has 1 unspecified atom stereocenters. The number of carbonyl (C=O) groups excluding carboxylic acids is 1. The minimum Gasteiger partial charge on any atom is -0.378 e. The third-order valence-corrected chi connectivity index (χ3v) is 6.17. The van der Waals surface area contributed by atoms with Crippen LogP contribution in [0.2, 0.25) is 0 Å². The lowest BCUT2D eigenvalue weighted by Gasteiger charge is -2.28. The number of hydrogen-bond donors (Lipinski definition) is 2. The molecule has 186 valence electrons. The number of para-hydroxylation sites is 1. The van der Waals surface area contributed by atoms with Crippen molar-refractivity contribution in [2.24, 2.45) is 0 Å². The third-order valence-electron chi connectivity index (χ3n) is 6.17. The van der Waals surface area contributed by atoms with Crippen molar-refractivity contribution < 1.29 is 9.72 Å². The van der Waals surface area contributed by atoms with Gasteiger partial charge in [-0.15, -0.1) is 5.10 Å². The summed E-state index contributed by atoms with van der Waals surface area (Å²) in [7, 11) is 3.93. The first-order valence-corrected chi connectivity index (χ1v) is 11.6. The molecular weight excluding hydrogens is 470 g/mol. The molecule has 37 heavy (non-hydrogen) atoms. The maximum Gasteiger partial charge on any atom is 0.269 e. The van der Waals surface area contributed by atoms with Crippen molar-refractivity contribution in [3.63, 3.8) is 0 Å². The van der Waals surface area contributed by atoms with E-state index >= 15 is 0 Å². The van der Waals surface area contributed by atoms with Gasteiger partial charge in [0, 0.05) is 48.9 Å². The fourth-order valence-electron chi connectivity index (χ4n) is 4.31. The highest BCUT2D eigenvalue weighted by atomic mass is 16.6. The number of benzene rings is 3. The van der Waals surface area contributed by atoms with E-state index in [0.29, 0.717) is 34.3 Å². The number of amides is 1. The first-order valence-electron chi connectivity index (χ1n) is 11.6. The molecule has 5 rings (SSSR count). The number of rotatable bonds is 6. The number of hydrogen-bond acceptors (Lipinski definition) is 7. The summed E-state index contributed by atoms with van der Waals surface area (Å²) in [6, 6.07) is 22.4. The van der Waals surface area contributed by atoms with Gasteiger partial charge < -0.3 is 15.5 Å². The van der Waals surface area contributed by atoms with Gasteiger partial charge in [0.05, 0.1) is 10.5 Å². The highest BCUT2D eigenvalue weighted by molar-refractivity contribution is 6.06. The van der Waals surface area contributed by atoms with Crippen molar-refractivity contribution in [1.29, 1.82) is 0 Å². The summed E-state index contributed by atoms with van der Waals surface area (Å²) in [4.78, 5) is 31.3. The Morgan fingerprint density at radius 1 is 1.05 bits per heavy atom. The first kappa shape index (κ1) is 23.7. The van der Waals surface area contributed by atoms with Crippen molar-refractivity contribution in [1.82, 2.24) is 14.8 Å². The predicted molar refractivity (Wildman–Crippen MR) is 142 cm³/mol. The molecule has 0 saturated heterocycles. The summed E-state index contributed by atoms with van der Waals surface area (Å²) in [6.45, 7) is 1.79. The molecule has 3 aromatic carbocycles. The second-order valence-electron chi connectivity index (χ2n) is 8.88. The van der Waals surface area contributed by atoms with Gasteiger partial charge in [0.25, 0.3) is 11.6 Å². The quantitative estimate of drug-likeness (QED) is 0.290. The van der Waals surface area contributed by atoms with Crippen molar-refractivity contribution in [3.8, 4) is 11.4 Å². The number of carbonyl (C=O) groups is 1. The predicted octanol–water partition coefficient (Wildman–Crippen LogP) is 4.85. The fraction of sp³-hybridized carbons (Fsp3) is 0.148. The van der Waals surface area contributed by atoms with Gasteiger partial charge in [0.2, 0.25) is 5.95 Å².